The van der Waals surface area contributed by atoms with Crippen molar-refractivity contribution in [3.63, 3.8) is 0 Å². The number of amides is 1. The quantitative estimate of drug-likeness (QED) is 0.252. The molecule has 0 spiro atoms. The average Bonchev–Trinajstić information content (AvgIpc) is 3.02. The Labute approximate surface area is 196 Å². The van der Waals surface area contributed by atoms with Crippen molar-refractivity contribution in [2.24, 2.45) is 0 Å². The van der Waals surface area contributed by atoms with Crippen molar-refractivity contribution >= 4 is 45.2 Å². The van der Waals surface area contributed by atoms with E-state index < -0.39 is 17.7 Å². The highest BCUT2D eigenvalue weighted by atomic mass is 32.2. The lowest BCUT2D eigenvalue weighted by Crippen LogP contribution is -2.34. The summed E-state index contributed by atoms with van der Waals surface area (Å²) in [4.78, 5) is 26.3. The second kappa shape index (κ2) is 9.79. The van der Waals surface area contributed by atoms with Crippen LogP contribution < -0.4 is 5.32 Å². The minimum absolute atomic E-state index is 0.0181. The molecule has 0 atom stereocenters. The summed E-state index contributed by atoms with van der Waals surface area (Å²) in [6.07, 6.45) is -0.709. The summed E-state index contributed by atoms with van der Waals surface area (Å²) in [6, 6.07) is 14.6. The van der Waals surface area contributed by atoms with Crippen LogP contribution in [0.5, 0.6) is 0 Å². The van der Waals surface area contributed by atoms with E-state index in [2.05, 4.69) is 37.4 Å². The Balaban J connectivity index is 1.76. The van der Waals surface area contributed by atoms with E-state index in [1.54, 1.807) is 26.2 Å². The molecule has 3 aromatic rings. The zero-order valence-electron chi connectivity index (χ0n) is 19.1. The van der Waals surface area contributed by atoms with Gasteiger partial charge in [0.2, 0.25) is 0 Å². The third kappa shape index (κ3) is 5.93. The van der Waals surface area contributed by atoms with Gasteiger partial charge in [-0.3, -0.25) is 5.32 Å². The predicted octanol–water partition coefficient (Wildman–Crippen LogP) is 6.82. The maximum atomic E-state index is 12.0. The van der Waals surface area contributed by atoms with Crippen LogP contribution in [0, 0.1) is 13.8 Å². The van der Waals surface area contributed by atoms with Crippen molar-refractivity contribution in [2.75, 3.05) is 7.11 Å². The molecule has 0 saturated carbocycles. The molecule has 0 bridgehead atoms. The van der Waals surface area contributed by atoms with Crippen molar-refractivity contribution in [3.8, 4) is 11.1 Å². The number of ether oxygens (including phenoxy) is 2. The summed E-state index contributed by atoms with van der Waals surface area (Å²) in [6.45, 7) is 9.57. The van der Waals surface area contributed by atoms with Crippen molar-refractivity contribution in [1.82, 2.24) is 5.32 Å². The van der Waals surface area contributed by atoms with Gasteiger partial charge in [-0.1, -0.05) is 30.0 Å². The molecule has 0 fully saturated rings. The van der Waals surface area contributed by atoms with Crippen LogP contribution in [0.15, 0.2) is 58.5 Å². The summed E-state index contributed by atoms with van der Waals surface area (Å²) < 4.78 is 11.3. The zero-order chi connectivity index (χ0) is 23.5. The molecular weight excluding hydrogens is 442 g/mol. The number of alkyl carbamates (subject to hydrolysis) is 1. The van der Waals surface area contributed by atoms with Gasteiger partial charge in [-0.15, -0.1) is 11.3 Å². The number of methoxy groups -OCH3 is 1. The molecule has 168 valence electrons. The smallest absolute Gasteiger partial charge is 0.412 e. The van der Waals surface area contributed by atoms with E-state index in [-0.39, 0.29) is 5.70 Å². The minimum atomic E-state index is -0.709. The average molecular weight is 470 g/mol. The molecule has 0 saturated heterocycles. The van der Waals surface area contributed by atoms with E-state index in [9.17, 15) is 9.59 Å². The first-order chi connectivity index (χ1) is 15.1. The molecular formula is C25H27NO4S2. The van der Waals surface area contributed by atoms with Gasteiger partial charge in [0, 0.05) is 19.9 Å². The van der Waals surface area contributed by atoms with Crippen molar-refractivity contribution in [3.05, 3.63) is 64.0 Å². The highest BCUT2D eigenvalue weighted by Gasteiger charge is 2.20. The van der Waals surface area contributed by atoms with Crippen LogP contribution in [0.4, 0.5) is 4.79 Å². The second-order valence-electron chi connectivity index (χ2n) is 8.29. The van der Waals surface area contributed by atoms with Crippen LogP contribution in [0.3, 0.4) is 0 Å². The molecule has 0 radical (unpaired) electrons. The number of thioether (sulfide) groups is 1. The summed E-state index contributed by atoms with van der Waals surface area (Å²) >= 11 is 3.13. The SMILES string of the molecule is COC(=O)/C(=C\Sc1ccc(-c2ccc3sc(C)c(C)c3c2)cc1)NC(=O)OC(C)(C)C. The summed E-state index contributed by atoms with van der Waals surface area (Å²) in [5.74, 6) is -0.644. The molecule has 1 heterocycles. The van der Waals surface area contributed by atoms with Crippen molar-refractivity contribution in [1.29, 1.82) is 0 Å². The molecule has 32 heavy (non-hydrogen) atoms. The van der Waals surface area contributed by atoms with Gasteiger partial charge in [0.25, 0.3) is 0 Å². The lowest BCUT2D eigenvalue weighted by Gasteiger charge is -2.20. The van der Waals surface area contributed by atoms with Gasteiger partial charge in [-0.2, -0.15) is 0 Å². The molecule has 0 aliphatic heterocycles. The summed E-state index contributed by atoms with van der Waals surface area (Å²) in [5, 5.41) is 5.31. The molecule has 0 unspecified atom stereocenters. The van der Waals surface area contributed by atoms with Gasteiger partial charge in [0.15, 0.2) is 0 Å². The number of carbonyl (C=O) groups is 2. The molecule has 1 aromatic heterocycles. The number of rotatable bonds is 5. The number of esters is 1. The maximum absolute atomic E-state index is 12.0. The van der Waals surface area contributed by atoms with Gasteiger partial charge in [-0.05, 0) is 81.0 Å². The number of hydrogen-bond donors (Lipinski definition) is 1. The van der Waals surface area contributed by atoms with E-state index in [1.807, 2.05) is 35.6 Å². The first kappa shape index (κ1) is 23.9. The first-order valence-electron chi connectivity index (χ1n) is 10.1. The topological polar surface area (TPSA) is 64.6 Å². The Bertz CT molecular complexity index is 1170. The fourth-order valence-electron chi connectivity index (χ4n) is 3.03. The van der Waals surface area contributed by atoms with E-state index in [0.29, 0.717) is 0 Å². The van der Waals surface area contributed by atoms with Crippen LogP contribution in [0.1, 0.15) is 31.2 Å². The van der Waals surface area contributed by atoms with Crippen molar-refractivity contribution < 1.29 is 19.1 Å². The van der Waals surface area contributed by atoms with Gasteiger partial charge in [0.1, 0.15) is 11.3 Å². The fourth-order valence-corrected chi connectivity index (χ4v) is 4.78. The lowest BCUT2D eigenvalue weighted by atomic mass is 10.0. The Morgan fingerprint density at radius 1 is 1.03 bits per heavy atom. The molecule has 7 heteroatoms. The number of carbonyl (C=O) groups excluding carboxylic acids is 2. The number of hydrogen-bond acceptors (Lipinski definition) is 6. The zero-order valence-corrected chi connectivity index (χ0v) is 20.7. The predicted molar refractivity (Wildman–Crippen MR) is 132 cm³/mol. The molecule has 1 N–H and O–H groups in total. The molecule has 2 aromatic carbocycles. The number of nitrogens with one attached hydrogen (secondary N) is 1. The Morgan fingerprint density at radius 3 is 2.31 bits per heavy atom. The normalized spacial score (nSPS) is 12.0. The Morgan fingerprint density at radius 2 is 1.69 bits per heavy atom. The van der Waals surface area contributed by atoms with Crippen LogP contribution in [-0.2, 0) is 14.3 Å². The van der Waals surface area contributed by atoms with E-state index >= 15 is 0 Å². The molecule has 3 rings (SSSR count). The van der Waals surface area contributed by atoms with Crippen molar-refractivity contribution in [2.45, 2.75) is 45.1 Å². The first-order valence-corrected chi connectivity index (χ1v) is 11.8. The number of aryl methyl sites for hydroxylation is 2. The van der Waals surface area contributed by atoms with Crippen LogP contribution >= 0.6 is 23.1 Å². The number of benzene rings is 2. The third-order valence-corrected chi connectivity index (χ3v) is 6.80. The van der Waals surface area contributed by atoms with Gasteiger partial charge in [-0.25, -0.2) is 9.59 Å². The standard InChI is InChI=1S/C25H27NO4S2/c1-15-16(2)32-22-12-9-18(13-20(15)22)17-7-10-19(11-8-17)31-14-21(23(27)29-6)26-24(28)30-25(3,4)5/h7-14H,1-6H3,(H,26,28)/b21-14+. The highest BCUT2D eigenvalue weighted by molar-refractivity contribution is 8.02. The lowest BCUT2D eigenvalue weighted by molar-refractivity contribution is -0.136. The van der Waals surface area contributed by atoms with Gasteiger partial charge >= 0.3 is 12.1 Å². The third-order valence-electron chi connectivity index (χ3n) is 4.72. The Kier molecular flexibility index (Phi) is 7.31. The van der Waals surface area contributed by atoms with Crippen LogP contribution in [0.25, 0.3) is 21.2 Å². The largest absolute Gasteiger partial charge is 0.464 e. The number of fused-ring (bicyclic) bond motifs is 1. The summed E-state index contributed by atoms with van der Waals surface area (Å²) in [7, 11) is 1.26. The van der Waals surface area contributed by atoms with E-state index in [0.717, 1.165) is 16.0 Å². The fraction of sp³-hybridized carbons (Fsp3) is 0.280. The monoisotopic (exact) mass is 469 g/mol. The highest BCUT2D eigenvalue weighted by Crippen LogP contribution is 2.34. The maximum Gasteiger partial charge on any atom is 0.412 e. The molecule has 1 amide bonds. The van der Waals surface area contributed by atoms with Gasteiger partial charge < -0.3 is 9.47 Å². The molecule has 0 aliphatic rings. The Hall–Kier alpha value is -2.77. The van der Waals surface area contributed by atoms with E-state index in [4.69, 9.17) is 9.47 Å². The van der Waals surface area contributed by atoms with Gasteiger partial charge in [0.05, 0.1) is 7.11 Å². The molecule has 5 nitrogen and oxygen atoms in total. The van der Waals surface area contributed by atoms with Crippen LogP contribution in [0.2, 0.25) is 0 Å². The second-order valence-corrected chi connectivity index (χ2v) is 10.5. The van der Waals surface area contributed by atoms with Crippen LogP contribution in [-0.4, -0.2) is 24.8 Å². The number of thiophene rings is 1. The molecule has 0 aliphatic carbocycles. The minimum Gasteiger partial charge on any atom is -0.464 e. The van der Waals surface area contributed by atoms with E-state index in [1.165, 1.54) is 39.4 Å². The summed E-state index contributed by atoms with van der Waals surface area (Å²) in [5.41, 5.74) is 2.95.